The van der Waals surface area contributed by atoms with Gasteiger partial charge in [-0.1, -0.05) is 12.1 Å². The van der Waals surface area contributed by atoms with Gasteiger partial charge in [-0.15, -0.1) is 5.10 Å². The molecule has 0 radical (unpaired) electrons. The number of tetrazole rings is 1. The first-order valence-electron chi connectivity index (χ1n) is 8.33. The van der Waals surface area contributed by atoms with Crippen molar-refractivity contribution in [1.29, 1.82) is 0 Å². The second-order valence-electron chi connectivity index (χ2n) is 6.24. The number of nitrogens with one attached hydrogen (secondary N) is 2. The lowest BCUT2D eigenvalue weighted by molar-refractivity contribution is 0.580. The van der Waals surface area contributed by atoms with Crippen LogP contribution in [0.15, 0.2) is 64.6 Å². The molecule has 0 saturated heterocycles. The van der Waals surface area contributed by atoms with Gasteiger partial charge in [0.1, 0.15) is 6.33 Å². The highest BCUT2D eigenvalue weighted by Crippen LogP contribution is 2.25. The van der Waals surface area contributed by atoms with Crippen molar-refractivity contribution in [2.45, 2.75) is 28.7 Å². The molecule has 2 N–H and O–H groups in total. The quantitative estimate of drug-likeness (QED) is 0.579. The molecule has 0 spiro atoms. The molecular formula is C16H16N6O4S2. The topological polar surface area (TPSA) is 136 Å². The fourth-order valence-corrected chi connectivity index (χ4v) is 4.90. The van der Waals surface area contributed by atoms with E-state index in [1.54, 1.807) is 24.3 Å². The van der Waals surface area contributed by atoms with Gasteiger partial charge in [-0.05, 0) is 59.7 Å². The predicted octanol–water partition coefficient (Wildman–Crippen LogP) is 0.904. The molecule has 1 aliphatic rings. The van der Waals surface area contributed by atoms with Gasteiger partial charge < -0.3 is 0 Å². The second kappa shape index (κ2) is 6.96. The van der Waals surface area contributed by atoms with Crippen molar-refractivity contribution >= 4 is 25.7 Å². The zero-order chi connectivity index (χ0) is 19.8. The van der Waals surface area contributed by atoms with Crippen LogP contribution in [-0.2, 0) is 20.0 Å². The SMILES string of the molecule is O=S(=O)(Nc1ccccc1-n1cnnn1)c1ccc(S(=O)(=O)NC2CC2)cc1. The highest BCUT2D eigenvalue weighted by Gasteiger charge is 2.28. The molecule has 10 nitrogen and oxygen atoms in total. The summed E-state index contributed by atoms with van der Waals surface area (Å²) in [4.78, 5) is -0.0446. The Morgan fingerprint density at radius 2 is 1.54 bits per heavy atom. The normalized spacial score (nSPS) is 14.7. The summed E-state index contributed by atoms with van der Waals surface area (Å²) in [6, 6.07) is 11.6. The largest absolute Gasteiger partial charge is 0.277 e. The summed E-state index contributed by atoms with van der Waals surface area (Å²) in [5, 5.41) is 10.9. The highest BCUT2D eigenvalue weighted by atomic mass is 32.2. The molecule has 1 aromatic heterocycles. The molecular weight excluding hydrogens is 404 g/mol. The second-order valence-corrected chi connectivity index (χ2v) is 9.64. The molecule has 28 heavy (non-hydrogen) atoms. The van der Waals surface area contributed by atoms with Crippen LogP contribution >= 0.6 is 0 Å². The monoisotopic (exact) mass is 420 g/mol. The number of hydrogen-bond donors (Lipinski definition) is 2. The summed E-state index contributed by atoms with van der Waals surface area (Å²) in [6.45, 7) is 0. The maximum Gasteiger partial charge on any atom is 0.261 e. The standard InChI is InChI=1S/C16H16N6O4S2/c23-27(24,18-12-5-6-12)13-7-9-14(10-8-13)28(25,26)19-15-3-1-2-4-16(15)22-11-17-20-21-22/h1-4,7-12,18-19H,5-6H2. The van der Waals surface area contributed by atoms with Gasteiger partial charge in [0, 0.05) is 6.04 Å². The minimum absolute atomic E-state index is 0.0208. The first-order chi connectivity index (χ1) is 13.4. The zero-order valence-electron chi connectivity index (χ0n) is 14.4. The molecule has 1 saturated carbocycles. The molecule has 4 rings (SSSR count). The highest BCUT2D eigenvalue weighted by molar-refractivity contribution is 7.92. The Hall–Kier alpha value is -2.83. The number of aromatic nitrogens is 4. The van der Waals surface area contributed by atoms with Gasteiger partial charge in [0.05, 0.1) is 21.2 Å². The van der Waals surface area contributed by atoms with Gasteiger partial charge in [0.15, 0.2) is 0 Å². The van der Waals surface area contributed by atoms with Crippen molar-refractivity contribution in [3.05, 3.63) is 54.9 Å². The van der Waals surface area contributed by atoms with E-state index in [9.17, 15) is 16.8 Å². The van der Waals surface area contributed by atoms with Crippen LogP contribution in [0.25, 0.3) is 5.69 Å². The number of hydrogen-bond acceptors (Lipinski definition) is 7. The fourth-order valence-electron chi connectivity index (χ4n) is 2.52. The maximum absolute atomic E-state index is 12.7. The maximum atomic E-state index is 12.7. The van der Waals surface area contributed by atoms with Crippen LogP contribution in [-0.4, -0.2) is 43.1 Å². The van der Waals surface area contributed by atoms with Gasteiger partial charge >= 0.3 is 0 Å². The summed E-state index contributed by atoms with van der Waals surface area (Å²) in [5.74, 6) is 0. The zero-order valence-corrected chi connectivity index (χ0v) is 16.1. The van der Waals surface area contributed by atoms with Crippen LogP contribution in [0.3, 0.4) is 0 Å². The number of sulfonamides is 2. The van der Waals surface area contributed by atoms with Crippen molar-refractivity contribution in [3.8, 4) is 5.69 Å². The third kappa shape index (κ3) is 3.88. The summed E-state index contributed by atoms with van der Waals surface area (Å²) < 4.78 is 56.3. The van der Waals surface area contributed by atoms with Crippen molar-refractivity contribution in [2.75, 3.05) is 4.72 Å². The lowest BCUT2D eigenvalue weighted by Gasteiger charge is -2.12. The molecule has 0 unspecified atom stereocenters. The van der Waals surface area contributed by atoms with E-state index >= 15 is 0 Å². The van der Waals surface area contributed by atoms with Crippen molar-refractivity contribution < 1.29 is 16.8 Å². The summed E-state index contributed by atoms with van der Waals surface area (Å²) in [6.07, 6.45) is 2.98. The third-order valence-corrected chi connectivity index (χ3v) is 7.01. The van der Waals surface area contributed by atoms with E-state index in [0.29, 0.717) is 5.69 Å². The Morgan fingerprint density at radius 1 is 0.893 bits per heavy atom. The average molecular weight is 420 g/mol. The van der Waals surface area contributed by atoms with Crippen molar-refractivity contribution in [1.82, 2.24) is 24.9 Å². The van der Waals surface area contributed by atoms with E-state index in [-0.39, 0.29) is 21.5 Å². The van der Waals surface area contributed by atoms with Crippen LogP contribution in [0, 0.1) is 0 Å². The van der Waals surface area contributed by atoms with Crippen LogP contribution in [0.1, 0.15) is 12.8 Å². The van der Waals surface area contributed by atoms with Gasteiger partial charge in [0.2, 0.25) is 10.0 Å². The Balaban J connectivity index is 1.60. The Morgan fingerprint density at radius 3 is 2.14 bits per heavy atom. The number of rotatable bonds is 7. The summed E-state index contributed by atoms with van der Waals surface area (Å²) >= 11 is 0. The minimum atomic E-state index is -3.95. The lowest BCUT2D eigenvalue weighted by atomic mass is 10.3. The molecule has 0 aliphatic heterocycles. The molecule has 3 aromatic rings. The van der Waals surface area contributed by atoms with Gasteiger partial charge in [-0.25, -0.2) is 21.6 Å². The van der Waals surface area contributed by atoms with Crippen LogP contribution < -0.4 is 9.44 Å². The first-order valence-corrected chi connectivity index (χ1v) is 11.3. The Labute approximate surface area is 161 Å². The number of para-hydroxylation sites is 2. The fraction of sp³-hybridized carbons (Fsp3) is 0.188. The Bertz CT molecular complexity index is 1190. The molecule has 1 aliphatic carbocycles. The van der Waals surface area contributed by atoms with E-state index < -0.39 is 20.0 Å². The lowest BCUT2D eigenvalue weighted by Crippen LogP contribution is -2.25. The predicted molar refractivity (Wildman–Crippen MR) is 99.7 cm³/mol. The number of anilines is 1. The molecule has 1 fully saturated rings. The van der Waals surface area contributed by atoms with Crippen molar-refractivity contribution in [3.63, 3.8) is 0 Å². The van der Waals surface area contributed by atoms with E-state index in [0.717, 1.165) is 12.8 Å². The van der Waals surface area contributed by atoms with Crippen LogP contribution in [0.4, 0.5) is 5.69 Å². The third-order valence-electron chi connectivity index (χ3n) is 4.09. The Kier molecular flexibility index (Phi) is 4.61. The summed E-state index contributed by atoms with van der Waals surface area (Å²) in [7, 11) is -7.59. The van der Waals surface area contributed by atoms with E-state index in [4.69, 9.17) is 0 Å². The van der Waals surface area contributed by atoms with E-state index in [1.807, 2.05) is 0 Å². The van der Waals surface area contributed by atoms with E-state index in [1.165, 1.54) is 35.3 Å². The molecule has 2 aromatic carbocycles. The first kappa shape index (κ1) is 18.5. The van der Waals surface area contributed by atoms with Gasteiger partial charge in [-0.2, -0.15) is 4.68 Å². The van der Waals surface area contributed by atoms with Gasteiger partial charge in [-0.3, -0.25) is 4.72 Å². The molecule has 0 amide bonds. The minimum Gasteiger partial charge on any atom is -0.277 e. The summed E-state index contributed by atoms with van der Waals surface area (Å²) in [5.41, 5.74) is 0.728. The van der Waals surface area contributed by atoms with Gasteiger partial charge in [0.25, 0.3) is 10.0 Å². The van der Waals surface area contributed by atoms with Crippen LogP contribution in [0.5, 0.6) is 0 Å². The number of nitrogens with zero attached hydrogens (tertiary/aromatic N) is 4. The smallest absolute Gasteiger partial charge is 0.261 e. The molecule has 0 bridgehead atoms. The average Bonchev–Trinajstić information content (AvgIpc) is 3.30. The molecule has 1 heterocycles. The molecule has 0 atom stereocenters. The van der Waals surface area contributed by atoms with Crippen molar-refractivity contribution in [2.24, 2.45) is 0 Å². The molecule has 146 valence electrons. The molecule has 12 heteroatoms. The van der Waals surface area contributed by atoms with Crippen LogP contribution in [0.2, 0.25) is 0 Å². The number of benzene rings is 2. The van der Waals surface area contributed by atoms with E-state index in [2.05, 4.69) is 25.0 Å².